The lowest BCUT2D eigenvalue weighted by molar-refractivity contribution is -0.125. The average molecular weight is 597 g/mol. The summed E-state index contributed by atoms with van der Waals surface area (Å²) in [7, 11) is 0. The van der Waals surface area contributed by atoms with Crippen LogP contribution in [-0.4, -0.2) is 62.7 Å². The van der Waals surface area contributed by atoms with Gasteiger partial charge in [0.05, 0.1) is 21.5 Å². The molecule has 3 N–H and O–H groups in total. The topological polar surface area (TPSA) is 109 Å². The number of anilines is 2. The van der Waals surface area contributed by atoms with Crippen molar-refractivity contribution in [3.05, 3.63) is 39.5 Å². The van der Waals surface area contributed by atoms with Gasteiger partial charge in [0.15, 0.2) is 5.75 Å². The summed E-state index contributed by atoms with van der Waals surface area (Å²) in [4.78, 5) is 40.3. The van der Waals surface area contributed by atoms with Crippen molar-refractivity contribution in [2.75, 3.05) is 36.5 Å². The lowest BCUT2D eigenvalue weighted by Crippen LogP contribution is -2.55. The monoisotopic (exact) mass is 596 g/mol. The van der Waals surface area contributed by atoms with Crippen molar-refractivity contribution in [1.29, 1.82) is 0 Å². The molecule has 2 aliphatic carbocycles. The standard InChI is InChI=1S/C27H31ClF2N4O5S/c28-22-9-8-21(40-22)26(37)31-13-18(33-24(16-4-5-16)15-2-1-3-15)25(36)32-17-6-7-19(20(12-17)39-27(29)30)34-10-11-38-14-23(34)35/h6-9,12,15-16,18,24,27,33H,1-5,10-11,13-14H2,(H,31,37)(H,32,36)/t18-,24?/m0/s1. The second-order valence-electron chi connectivity index (χ2n) is 10.2. The predicted molar refractivity (Wildman–Crippen MR) is 147 cm³/mol. The number of carbonyl (C=O) groups excluding carboxylic acids is 3. The Kier molecular flexibility index (Phi) is 9.19. The van der Waals surface area contributed by atoms with Crippen molar-refractivity contribution < 1.29 is 32.6 Å². The number of carbonyl (C=O) groups is 3. The zero-order valence-corrected chi connectivity index (χ0v) is 23.2. The zero-order chi connectivity index (χ0) is 28.2. The Morgan fingerprint density at radius 1 is 1.15 bits per heavy atom. The molecule has 0 spiro atoms. The molecule has 3 fully saturated rings. The molecule has 9 nitrogen and oxygen atoms in total. The number of ether oxygens (including phenoxy) is 2. The number of alkyl halides is 2. The Morgan fingerprint density at radius 3 is 2.55 bits per heavy atom. The van der Waals surface area contributed by atoms with Crippen molar-refractivity contribution >= 4 is 52.0 Å². The summed E-state index contributed by atoms with van der Waals surface area (Å²) in [6.07, 6.45) is 5.54. The highest BCUT2D eigenvalue weighted by Crippen LogP contribution is 2.42. The number of rotatable bonds is 12. The van der Waals surface area contributed by atoms with Crippen molar-refractivity contribution in [1.82, 2.24) is 10.6 Å². The third-order valence-corrected chi connectivity index (χ3v) is 8.71. The smallest absolute Gasteiger partial charge is 0.387 e. The molecule has 2 heterocycles. The van der Waals surface area contributed by atoms with Crippen LogP contribution in [0.2, 0.25) is 4.34 Å². The van der Waals surface area contributed by atoms with E-state index in [1.54, 1.807) is 12.1 Å². The second kappa shape index (κ2) is 12.8. The third-order valence-electron chi connectivity index (χ3n) is 7.48. The van der Waals surface area contributed by atoms with E-state index in [4.69, 9.17) is 21.1 Å². The minimum absolute atomic E-state index is 0.0247. The molecule has 1 unspecified atom stereocenters. The fraction of sp³-hybridized carbons (Fsp3) is 0.519. The molecule has 1 saturated heterocycles. The number of thiophene rings is 1. The van der Waals surface area contributed by atoms with E-state index in [0.717, 1.165) is 43.4 Å². The lowest BCUT2D eigenvalue weighted by atomic mass is 9.77. The van der Waals surface area contributed by atoms with Crippen LogP contribution in [0.5, 0.6) is 5.75 Å². The number of amides is 3. The largest absolute Gasteiger partial charge is 0.433 e. The van der Waals surface area contributed by atoms with Crippen LogP contribution in [0.25, 0.3) is 0 Å². The summed E-state index contributed by atoms with van der Waals surface area (Å²) in [5.41, 5.74) is 0.391. The quantitative estimate of drug-likeness (QED) is 0.338. The van der Waals surface area contributed by atoms with Crippen LogP contribution in [0, 0.1) is 11.8 Å². The molecule has 13 heteroatoms. The highest BCUT2D eigenvalue weighted by molar-refractivity contribution is 7.18. The number of hydrogen-bond donors (Lipinski definition) is 3. The third kappa shape index (κ3) is 7.09. The second-order valence-corrected chi connectivity index (χ2v) is 12.0. The number of hydrogen-bond acceptors (Lipinski definition) is 7. The minimum atomic E-state index is -3.13. The van der Waals surface area contributed by atoms with Gasteiger partial charge >= 0.3 is 6.61 Å². The van der Waals surface area contributed by atoms with Crippen LogP contribution in [0.3, 0.4) is 0 Å². The highest BCUT2D eigenvalue weighted by Gasteiger charge is 2.40. The summed E-state index contributed by atoms with van der Waals surface area (Å²) < 4.78 is 36.8. The Hall–Kier alpha value is -2.80. The van der Waals surface area contributed by atoms with Gasteiger partial charge in [0.2, 0.25) is 5.91 Å². The van der Waals surface area contributed by atoms with Crippen LogP contribution in [0.1, 0.15) is 41.8 Å². The number of nitrogens with one attached hydrogen (secondary N) is 3. The first-order valence-electron chi connectivity index (χ1n) is 13.4. The van der Waals surface area contributed by atoms with Gasteiger partial charge in [0.25, 0.3) is 11.8 Å². The van der Waals surface area contributed by atoms with E-state index >= 15 is 0 Å². The van der Waals surface area contributed by atoms with E-state index in [-0.39, 0.29) is 61.3 Å². The Bertz CT molecular complexity index is 1240. The van der Waals surface area contributed by atoms with Gasteiger partial charge in [-0.3, -0.25) is 14.4 Å². The maximum Gasteiger partial charge on any atom is 0.387 e. The van der Waals surface area contributed by atoms with Gasteiger partial charge in [-0.05, 0) is 61.8 Å². The molecule has 1 aromatic heterocycles. The first-order valence-corrected chi connectivity index (χ1v) is 14.6. The van der Waals surface area contributed by atoms with Gasteiger partial charge in [-0.1, -0.05) is 18.0 Å². The minimum Gasteiger partial charge on any atom is -0.433 e. The Morgan fingerprint density at radius 2 is 1.93 bits per heavy atom. The van der Waals surface area contributed by atoms with Crippen molar-refractivity contribution in [2.45, 2.75) is 50.8 Å². The number of morpholine rings is 1. The van der Waals surface area contributed by atoms with Crippen LogP contribution >= 0.6 is 22.9 Å². The molecular weight excluding hydrogens is 566 g/mol. The van der Waals surface area contributed by atoms with E-state index in [1.165, 1.54) is 23.1 Å². The molecule has 5 rings (SSSR count). The van der Waals surface area contributed by atoms with Crippen LogP contribution < -0.4 is 25.6 Å². The van der Waals surface area contributed by atoms with Gasteiger partial charge in [-0.15, -0.1) is 11.3 Å². The molecule has 1 aromatic carbocycles. The van der Waals surface area contributed by atoms with Gasteiger partial charge < -0.3 is 30.3 Å². The molecule has 3 aliphatic rings. The average Bonchev–Trinajstić information content (AvgIpc) is 3.64. The summed E-state index contributed by atoms with van der Waals surface area (Å²) in [5, 5.41) is 9.10. The maximum absolute atomic E-state index is 13.5. The van der Waals surface area contributed by atoms with Gasteiger partial charge in [0, 0.05) is 30.9 Å². The maximum atomic E-state index is 13.5. The molecule has 2 atom stereocenters. The van der Waals surface area contributed by atoms with E-state index in [1.807, 2.05) is 0 Å². The summed E-state index contributed by atoms with van der Waals surface area (Å²) >= 11 is 7.11. The molecule has 40 heavy (non-hydrogen) atoms. The summed E-state index contributed by atoms with van der Waals surface area (Å²) in [6, 6.07) is 6.91. The molecule has 3 amide bonds. The first kappa shape index (κ1) is 28.7. The number of halogens is 3. The SMILES string of the molecule is O=C(NC[C@H](NC(C1CCC1)C1CC1)C(=O)Nc1ccc(N2CCOCC2=O)c(OC(F)F)c1)c1ccc(Cl)s1. The van der Waals surface area contributed by atoms with Gasteiger partial charge in [0.1, 0.15) is 12.6 Å². The van der Waals surface area contributed by atoms with E-state index in [9.17, 15) is 23.2 Å². The number of benzene rings is 1. The molecule has 216 valence electrons. The molecule has 2 aromatic rings. The molecule has 0 bridgehead atoms. The fourth-order valence-corrected chi connectivity index (χ4v) is 6.06. The Balaban J connectivity index is 1.33. The first-order chi connectivity index (χ1) is 19.3. The zero-order valence-electron chi connectivity index (χ0n) is 21.7. The van der Waals surface area contributed by atoms with Crippen molar-refractivity contribution in [2.24, 2.45) is 11.8 Å². The fourth-order valence-electron chi connectivity index (χ4n) is 5.10. The van der Waals surface area contributed by atoms with E-state index < -0.39 is 18.6 Å². The normalized spacial score (nSPS) is 19.2. The van der Waals surface area contributed by atoms with Crippen LogP contribution in [-0.2, 0) is 14.3 Å². The molecule has 2 saturated carbocycles. The molecular formula is C27H31ClF2N4O5S. The van der Waals surface area contributed by atoms with E-state index in [2.05, 4.69) is 16.0 Å². The van der Waals surface area contributed by atoms with Crippen molar-refractivity contribution in [3.63, 3.8) is 0 Å². The van der Waals surface area contributed by atoms with Gasteiger partial charge in [-0.2, -0.15) is 8.78 Å². The molecule has 0 radical (unpaired) electrons. The highest BCUT2D eigenvalue weighted by atomic mass is 35.5. The molecule has 1 aliphatic heterocycles. The predicted octanol–water partition coefficient (Wildman–Crippen LogP) is 4.27. The van der Waals surface area contributed by atoms with Crippen molar-refractivity contribution in [3.8, 4) is 5.75 Å². The van der Waals surface area contributed by atoms with E-state index in [0.29, 0.717) is 21.0 Å². The lowest BCUT2D eigenvalue weighted by Gasteiger charge is -2.37. The number of nitrogens with zero attached hydrogens (tertiary/aromatic N) is 1. The summed E-state index contributed by atoms with van der Waals surface area (Å²) in [6.45, 7) is -2.81. The Labute approximate surface area is 239 Å². The van der Waals surface area contributed by atoms with Crippen LogP contribution in [0.15, 0.2) is 30.3 Å². The summed E-state index contributed by atoms with van der Waals surface area (Å²) in [5.74, 6) is -0.408. The van der Waals surface area contributed by atoms with Crippen LogP contribution in [0.4, 0.5) is 20.2 Å². The van der Waals surface area contributed by atoms with Gasteiger partial charge in [-0.25, -0.2) is 0 Å².